The monoisotopic (exact) mass is 358 g/mol. The van der Waals surface area contributed by atoms with Crippen molar-refractivity contribution in [1.82, 2.24) is 14.5 Å². The molecule has 1 atom stereocenters. The van der Waals surface area contributed by atoms with Crippen LogP contribution < -0.4 is 16.0 Å². The molecule has 1 fully saturated rings. The lowest BCUT2D eigenvalue weighted by molar-refractivity contribution is 0.100. The van der Waals surface area contributed by atoms with Gasteiger partial charge in [0.05, 0.1) is 34.8 Å². The predicted octanol–water partition coefficient (Wildman–Crippen LogP) is 2.15. The highest BCUT2D eigenvalue weighted by Crippen LogP contribution is 2.31. The Morgan fingerprint density at radius 3 is 2.58 bits per heavy atom. The van der Waals surface area contributed by atoms with Gasteiger partial charge in [0, 0.05) is 26.2 Å². The molecule has 2 aromatic rings. The van der Waals surface area contributed by atoms with Crippen molar-refractivity contribution >= 4 is 28.8 Å². The Morgan fingerprint density at radius 1 is 1.35 bits per heavy atom. The van der Waals surface area contributed by atoms with Crippen LogP contribution in [0.5, 0.6) is 0 Å². The molecular weight excluding hydrogens is 332 g/mol. The van der Waals surface area contributed by atoms with Gasteiger partial charge in [0.2, 0.25) is 0 Å². The molecular formula is C18H26N6O2. The van der Waals surface area contributed by atoms with E-state index in [1.54, 1.807) is 27.6 Å². The summed E-state index contributed by atoms with van der Waals surface area (Å²) < 4.78 is 1.67. The summed E-state index contributed by atoms with van der Waals surface area (Å²) in [4.78, 5) is 27.6. The summed E-state index contributed by atoms with van der Waals surface area (Å²) in [5, 5.41) is 7.72. The van der Waals surface area contributed by atoms with Gasteiger partial charge in [0.1, 0.15) is 0 Å². The van der Waals surface area contributed by atoms with Crippen molar-refractivity contribution in [2.75, 3.05) is 30.4 Å². The largest absolute Gasteiger partial charge is 0.380 e. The van der Waals surface area contributed by atoms with E-state index in [9.17, 15) is 9.59 Å². The average molecular weight is 358 g/mol. The molecule has 0 aromatic carbocycles. The van der Waals surface area contributed by atoms with E-state index in [1.165, 1.54) is 6.20 Å². The smallest absolute Gasteiger partial charge is 0.324 e. The van der Waals surface area contributed by atoms with Crippen molar-refractivity contribution in [2.24, 2.45) is 11.1 Å². The molecule has 140 valence electrons. The normalized spacial score (nSPS) is 16.4. The number of hydrogen-bond acceptors (Lipinski definition) is 4. The second-order valence-corrected chi connectivity index (χ2v) is 7.91. The number of anilines is 2. The molecule has 8 nitrogen and oxygen atoms in total. The number of rotatable bonds is 4. The van der Waals surface area contributed by atoms with E-state index in [1.807, 2.05) is 6.07 Å². The molecule has 1 aliphatic heterocycles. The molecule has 3 heterocycles. The van der Waals surface area contributed by atoms with Gasteiger partial charge in [-0.25, -0.2) is 9.31 Å². The van der Waals surface area contributed by atoms with E-state index in [2.05, 4.69) is 38.1 Å². The van der Waals surface area contributed by atoms with Crippen LogP contribution in [0.15, 0.2) is 18.5 Å². The lowest BCUT2D eigenvalue weighted by Crippen LogP contribution is -2.32. The number of urea groups is 1. The Balaban J connectivity index is 2.09. The number of fused-ring (bicyclic) bond motifs is 1. The summed E-state index contributed by atoms with van der Waals surface area (Å²) in [5.41, 5.74) is 7.99. The Morgan fingerprint density at radius 2 is 2.04 bits per heavy atom. The molecule has 1 aliphatic rings. The van der Waals surface area contributed by atoms with Crippen molar-refractivity contribution in [3.63, 3.8) is 0 Å². The van der Waals surface area contributed by atoms with Gasteiger partial charge in [-0.2, -0.15) is 5.10 Å². The summed E-state index contributed by atoms with van der Waals surface area (Å²) >= 11 is 0. The van der Waals surface area contributed by atoms with Crippen molar-refractivity contribution in [2.45, 2.75) is 33.7 Å². The number of likely N-dealkylation sites (N-methyl/N-ethyl adjacent to an activating group) is 1. The summed E-state index contributed by atoms with van der Waals surface area (Å²) in [6.07, 6.45) is 3.26. The zero-order valence-corrected chi connectivity index (χ0v) is 15.9. The van der Waals surface area contributed by atoms with Gasteiger partial charge in [-0.1, -0.05) is 20.8 Å². The van der Waals surface area contributed by atoms with Crippen molar-refractivity contribution in [3.05, 3.63) is 24.0 Å². The second-order valence-electron chi connectivity index (χ2n) is 7.91. The molecule has 0 spiro atoms. The minimum Gasteiger partial charge on any atom is -0.380 e. The summed E-state index contributed by atoms with van der Waals surface area (Å²) in [7, 11) is 1.78. The number of amides is 3. The van der Waals surface area contributed by atoms with E-state index < -0.39 is 5.91 Å². The van der Waals surface area contributed by atoms with E-state index in [0.717, 1.165) is 11.2 Å². The van der Waals surface area contributed by atoms with E-state index in [0.29, 0.717) is 24.3 Å². The van der Waals surface area contributed by atoms with Gasteiger partial charge in [-0.15, -0.1) is 0 Å². The molecule has 0 bridgehead atoms. The fourth-order valence-electron chi connectivity index (χ4n) is 2.85. The van der Waals surface area contributed by atoms with E-state index in [4.69, 9.17) is 5.73 Å². The average Bonchev–Trinajstić information content (AvgIpc) is 3.10. The van der Waals surface area contributed by atoms with Gasteiger partial charge < -0.3 is 16.0 Å². The van der Waals surface area contributed by atoms with Crippen molar-refractivity contribution < 1.29 is 9.59 Å². The summed E-state index contributed by atoms with van der Waals surface area (Å²) in [5.74, 6) is -0.539. The highest BCUT2D eigenvalue weighted by Gasteiger charge is 2.29. The SMILES string of the molecule is CC(Nc1c(C(N)=O)cnn2cc(N3CCN(C)C3=O)cc12)C(C)(C)C. The first-order valence-corrected chi connectivity index (χ1v) is 8.70. The number of hydrogen-bond donors (Lipinski definition) is 2. The molecule has 8 heteroatoms. The van der Waals surface area contributed by atoms with Crippen LogP contribution in [0.2, 0.25) is 0 Å². The van der Waals surface area contributed by atoms with Gasteiger partial charge in [-0.3, -0.25) is 9.69 Å². The second kappa shape index (κ2) is 6.19. The van der Waals surface area contributed by atoms with Crippen molar-refractivity contribution in [1.29, 1.82) is 0 Å². The summed E-state index contributed by atoms with van der Waals surface area (Å²) in [6.45, 7) is 9.72. The standard InChI is InChI=1S/C18H26N6O2/c1-11(18(2,3)4)21-15-13(16(19)25)9-20-24-10-12(8-14(15)24)23-7-6-22(5)17(23)26/h8-11,21H,6-7H2,1-5H3,(H2,19,25). The molecule has 0 aliphatic carbocycles. The van der Waals surface area contributed by atoms with Crippen LogP contribution in [0.1, 0.15) is 38.1 Å². The number of aromatic nitrogens is 2. The molecule has 1 saturated heterocycles. The maximum absolute atomic E-state index is 12.3. The maximum atomic E-state index is 12.3. The third-order valence-corrected chi connectivity index (χ3v) is 5.08. The molecule has 1 unspecified atom stereocenters. The van der Waals surface area contributed by atoms with Crippen LogP contribution in [-0.2, 0) is 0 Å². The van der Waals surface area contributed by atoms with Gasteiger partial charge in [0.15, 0.2) is 0 Å². The number of carbonyl (C=O) groups is 2. The minimum atomic E-state index is -0.539. The Bertz CT molecular complexity index is 866. The van der Waals surface area contributed by atoms with Crippen molar-refractivity contribution in [3.8, 4) is 0 Å². The van der Waals surface area contributed by atoms with Crippen LogP contribution in [0.3, 0.4) is 0 Å². The number of nitrogens with two attached hydrogens (primary N) is 1. The Labute approximate surface area is 152 Å². The van der Waals surface area contributed by atoms with Crippen LogP contribution >= 0.6 is 0 Å². The first-order chi connectivity index (χ1) is 12.1. The quantitative estimate of drug-likeness (QED) is 0.875. The third kappa shape index (κ3) is 3.07. The predicted molar refractivity (Wildman–Crippen MR) is 102 cm³/mol. The molecule has 0 saturated carbocycles. The summed E-state index contributed by atoms with van der Waals surface area (Å²) in [6, 6.07) is 1.91. The fraction of sp³-hybridized carbons (Fsp3) is 0.500. The van der Waals surface area contributed by atoms with Crippen LogP contribution in [0.4, 0.5) is 16.2 Å². The van der Waals surface area contributed by atoms with E-state index in [-0.39, 0.29) is 17.5 Å². The Hall–Kier alpha value is -2.77. The maximum Gasteiger partial charge on any atom is 0.324 e. The zero-order valence-electron chi connectivity index (χ0n) is 15.9. The number of nitrogens with zero attached hydrogens (tertiary/aromatic N) is 4. The van der Waals surface area contributed by atoms with Gasteiger partial charge in [-0.05, 0) is 18.4 Å². The van der Waals surface area contributed by atoms with Gasteiger partial charge >= 0.3 is 6.03 Å². The molecule has 3 amide bonds. The molecule has 26 heavy (non-hydrogen) atoms. The fourth-order valence-corrected chi connectivity index (χ4v) is 2.85. The highest BCUT2D eigenvalue weighted by molar-refractivity contribution is 6.03. The van der Waals surface area contributed by atoms with Gasteiger partial charge in [0.25, 0.3) is 5.91 Å². The van der Waals surface area contributed by atoms with E-state index >= 15 is 0 Å². The lowest BCUT2D eigenvalue weighted by atomic mass is 9.88. The zero-order chi connectivity index (χ0) is 19.2. The Kier molecular flexibility index (Phi) is 4.29. The molecule has 3 rings (SSSR count). The molecule has 0 radical (unpaired) electrons. The first-order valence-electron chi connectivity index (χ1n) is 8.70. The lowest BCUT2D eigenvalue weighted by Gasteiger charge is -2.29. The topological polar surface area (TPSA) is 96.0 Å². The number of nitrogens with one attached hydrogen (secondary N) is 1. The molecule has 3 N–H and O–H groups in total. The number of primary amides is 1. The van der Waals surface area contributed by atoms with Crippen LogP contribution in [-0.4, -0.2) is 52.6 Å². The highest BCUT2D eigenvalue weighted by atomic mass is 16.2. The molecule has 2 aromatic heterocycles. The number of carbonyl (C=O) groups excluding carboxylic acids is 2. The third-order valence-electron chi connectivity index (χ3n) is 5.08. The van der Waals surface area contributed by atoms with Crippen LogP contribution in [0, 0.1) is 5.41 Å². The minimum absolute atomic E-state index is 0.0156. The first kappa shape index (κ1) is 18.0. The van der Waals surface area contributed by atoms with Crippen LogP contribution in [0.25, 0.3) is 5.52 Å².